The van der Waals surface area contributed by atoms with Crippen molar-refractivity contribution in [3.8, 4) is 0 Å². The molecule has 4 heteroatoms. The zero-order chi connectivity index (χ0) is 14.5. The second-order valence-electron chi connectivity index (χ2n) is 5.85. The quantitative estimate of drug-likeness (QED) is 0.693. The first kappa shape index (κ1) is 13.7. The summed E-state index contributed by atoms with van der Waals surface area (Å²) in [5.41, 5.74) is 0.930. The Labute approximate surface area is 116 Å². The Hall–Kier alpha value is -1.32. The van der Waals surface area contributed by atoms with Crippen LogP contribution < -0.4 is 0 Å². The maximum absolute atomic E-state index is 13.3. The van der Waals surface area contributed by atoms with Gasteiger partial charge in [0.05, 0.1) is 5.56 Å². The number of alkyl halides is 3. The number of halogens is 3. The maximum Gasteiger partial charge on any atom is 0.416 e. The molecule has 20 heavy (non-hydrogen) atoms. The maximum atomic E-state index is 13.3. The Balaban J connectivity index is 2.22. The summed E-state index contributed by atoms with van der Waals surface area (Å²) in [5, 5.41) is 0. The third kappa shape index (κ3) is 2.05. The Kier molecular flexibility index (Phi) is 3.14. The van der Waals surface area contributed by atoms with Gasteiger partial charge in [-0.25, -0.2) is 0 Å². The molecule has 0 saturated heterocycles. The van der Waals surface area contributed by atoms with Gasteiger partial charge < -0.3 is 0 Å². The summed E-state index contributed by atoms with van der Waals surface area (Å²) in [6.07, 6.45) is -0.517. The summed E-state index contributed by atoms with van der Waals surface area (Å²) in [4.78, 5) is 11.8. The van der Waals surface area contributed by atoms with Crippen molar-refractivity contribution in [1.29, 1.82) is 0 Å². The molecule has 1 fully saturated rings. The van der Waals surface area contributed by atoms with Crippen molar-refractivity contribution in [2.75, 3.05) is 0 Å². The molecule has 0 atom stereocenters. The zero-order valence-electron chi connectivity index (χ0n) is 11.4. The fourth-order valence-electron chi connectivity index (χ4n) is 3.76. The predicted octanol–water partition coefficient (Wildman–Crippen LogP) is 5.05. The molecule has 0 radical (unpaired) electrons. The van der Waals surface area contributed by atoms with E-state index >= 15 is 0 Å². The van der Waals surface area contributed by atoms with Crippen LogP contribution in [0.15, 0.2) is 12.1 Å². The number of hydrogen-bond acceptors (Lipinski definition) is 1. The van der Waals surface area contributed by atoms with Gasteiger partial charge in [-0.1, -0.05) is 6.92 Å². The fourth-order valence-corrected chi connectivity index (χ4v) is 3.76. The largest absolute Gasteiger partial charge is 0.416 e. The van der Waals surface area contributed by atoms with E-state index in [2.05, 4.69) is 0 Å². The summed E-state index contributed by atoms with van der Waals surface area (Å²) >= 11 is 0. The van der Waals surface area contributed by atoms with E-state index in [9.17, 15) is 18.0 Å². The van der Waals surface area contributed by atoms with E-state index in [1.807, 2.05) is 0 Å². The lowest BCUT2D eigenvalue weighted by atomic mass is 9.65. The van der Waals surface area contributed by atoms with Gasteiger partial charge in [0.25, 0.3) is 0 Å². The highest BCUT2D eigenvalue weighted by Gasteiger charge is 2.42. The van der Waals surface area contributed by atoms with Crippen molar-refractivity contribution in [3.05, 3.63) is 34.4 Å². The molecule has 3 aliphatic carbocycles. The topological polar surface area (TPSA) is 17.1 Å². The number of ketones is 1. The molecule has 0 spiro atoms. The monoisotopic (exact) mass is 282 g/mol. The van der Waals surface area contributed by atoms with Crippen LogP contribution in [0.4, 0.5) is 13.2 Å². The Morgan fingerprint density at radius 1 is 1.15 bits per heavy atom. The van der Waals surface area contributed by atoms with Gasteiger partial charge in [-0.05, 0) is 60.8 Å². The molecule has 1 nitrogen and oxygen atoms in total. The number of hydrogen-bond donors (Lipinski definition) is 0. The summed E-state index contributed by atoms with van der Waals surface area (Å²) < 4.78 is 40.0. The van der Waals surface area contributed by atoms with Crippen molar-refractivity contribution in [3.63, 3.8) is 0 Å². The third-order valence-electron chi connectivity index (χ3n) is 4.74. The van der Waals surface area contributed by atoms with Crippen molar-refractivity contribution in [1.82, 2.24) is 0 Å². The number of rotatable bonds is 2. The summed E-state index contributed by atoms with van der Waals surface area (Å²) in [6.45, 7) is 1.68. The molecular weight excluding hydrogens is 265 g/mol. The second kappa shape index (κ2) is 4.61. The molecule has 108 valence electrons. The number of Topliss-reactive ketones (excluding diaryl/α,β-unsaturated/α-hetero) is 1. The number of carbonyl (C=O) groups excluding carboxylic acids is 1. The van der Waals surface area contributed by atoms with Gasteiger partial charge in [-0.15, -0.1) is 0 Å². The molecule has 0 heterocycles. The van der Waals surface area contributed by atoms with Gasteiger partial charge in [-0.2, -0.15) is 13.2 Å². The first-order chi connectivity index (χ1) is 9.41. The molecule has 0 aliphatic heterocycles. The Morgan fingerprint density at radius 3 is 2.30 bits per heavy atom. The summed E-state index contributed by atoms with van der Waals surface area (Å²) in [7, 11) is 0. The van der Waals surface area contributed by atoms with Crippen molar-refractivity contribution in [2.24, 2.45) is 0 Å². The minimum Gasteiger partial charge on any atom is -0.294 e. The first-order valence-corrected chi connectivity index (χ1v) is 7.20. The van der Waals surface area contributed by atoms with E-state index in [-0.39, 0.29) is 29.6 Å². The fraction of sp³-hybridized carbons (Fsp3) is 0.562. The van der Waals surface area contributed by atoms with Gasteiger partial charge in [0, 0.05) is 12.0 Å². The second-order valence-corrected chi connectivity index (χ2v) is 5.85. The van der Waals surface area contributed by atoms with Crippen LogP contribution in [-0.2, 0) is 6.18 Å². The normalized spacial score (nSPS) is 24.6. The first-order valence-electron chi connectivity index (χ1n) is 7.20. The van der Waals surface area contributed by atoms with Crippen LogP contribution in [0.5, 0.6) is 0 Å². The van der Waals surface area contributed by atoms with Gasteiger partial charge in [0.2, 0.25) is 0 Å². The number of carbonyl (C=O) groups is 1. The van der Waals surface area contributed by atoms with Crippen LogP contribution in [0.25, 0.3) is 0 Å². The smallest absolute Gasteiger partial charge is 0.294 e. The van der Waals surface area contributed by atoms with Crippen molar-refractivity contribution < 1.29 is 18.0 Å². The van der Waals surface area contributed by atoms with E-state index in [0.717, 1.165) is 37.3 Å². The molecule has 3 aliphatic rings. The highest BCUT2D eigenvalue weighted by atomic mass is 19.4. The van der Waals surface area contributed by atoms with Crippen molar-refractivity contribution >= 4 is 5.78 Å². The van der Waals surface area contributed by atoms with Crippen LogP contribution in [0.2, 0.25) is 0 Å². The van der Waals surface area contributed by atoms with E-state index in [1.54, 1.807) is 13.0 Å². The molecule has 0 unspecified atom stereocenters. The lowest BCUT2D eigenvalue weighted by Crippen LogP contribution is -2.26. The Morgan fingerprint density at radius 2 is 1.75 bits per heavy atom. The van der Waals surface area contributed by atoms with E-state index in [4.69, 9.17) is 0 Å². The molecule has 0 aromatic heterocycles. The van der Waals surface area contributed by atoms with E-state index in [0.29, 0.717) is 5.56 Å². The van der Waals surface area contributed by atoms with E-state index in [1.165, 1.54) is 0 Å². The summed E-state index contributed by atoms with van der Waals surface area (Å²) in [6, 6.07) is 2.80. The average molecular weight is 282 g/mol. The highest BCUT2D eigenvalue weighted by molar-refractivity contribution is 5.96. The number of fused-ring (bicyclic) bond motifs is 2. The standard InChI is InChI=1S/C16H17F3O/c1-2-14(20)11-7-12-9-3-5-10(6-4-9)15(12)13(8-11)16(17,18)19/h7-10H,2-6H2,1H3. The van der Waals surface area contributed by atoms with Crippen LogP contribution in [0.1, 0.15) is 77.9 Å². The number of benzene rings is 1. The van der Waals surface area contributed by atoms with Crippen LogP contribution in [-0.4, -0.2) is 5.78 Å². The van der Waals surface area contributed by atoms with Crippen LogP contribution >= 0.6 is 0 Å². The summed E-state index contributed by atoms with van der Waals surface area (Å²) in [5.74, 6) is 0.0258. The minimum absolute atomic E-state index is 0.0254. The molecule has 4 rings (SSSR count). The molecule has 1 aromatic rings. The van der Waals surface area contributed by atoms with Gasteiger partial charge >= 0.3 is 6.18 Å². The SMILES string of the molecule is CCC(=O)c1cc2c(c(C(F)(F)F)c1)C1CCC2CC1. The highest BCUT2D eigenvalue weighted by Crippen LogP contribution is 2.53. The molecule has 0 amide bonds. The van der Waals surface area contributed by atoms with Crippen LogP contribution in [0.3, 0.4) is 0 Å². The van der Waals surface area contributed by atoms with E-state index < -0.39 is 11.7 Å². The lowest BCUT2D eigenvalue weighted by Gasteiger charge is -2.40. The van der Waals surface area contributed by atoms with Gasteiger partial charge in [-0.3, -0.25) is 4.79 Å². The molecule has 2 bridgehead atoms. The van der Waals surface area contributed by atoms with Crippen molar-refractivity contribution in [2.45, 2.75) is 57.0 Å². The van der Waals surface area contributed by atoms with Crippen LogP contribution in [0, 0.1) is 0 Å². The van der Waals surface area contributed by atoms with Gasteiger partial charge in [0.1, 0.15) is 0 Å². The molecule has 1 saturated carbocycles. The third-order valence-corrected chi connectivity index (χ3v) is 4.74. The molecule has 1 aromatic carbocycles. The predicted molar refractivity (Wildman–Crippen MR) is 70.0 cm³/mol. The lowest BCUT2D eigenvalue weighted by molar-refractivity contribution is -0.138. The molecular formula is C16H17F3O. The van der Waals surface area contributed by atoms with Gasteiger partial charge in [0.15, 0.2) is 5.78 Å². The Bertz CT molecular complexity index is 552. The average Bonchev–Trinajstić information content (AvgIpc) is 2.45. The molecule has 0 N–H and O–H groups in total. The zero-order valence-corrected chi connectivity index (χ0v) is 11.4. The minimum atomic E-state index is -4.37.